The van der Waals surface area contributed by atoms with Gasteiger partial charge < -0.3 is 5.32 Å². The molecule has 0 radical (unpaired) electrons. The SMILES string of the molecule is Cc1ccccc1CN1CC(C)CC(NCC2CC2)C1. The molecule has 0 aromatic heterocycles. The van der Waals surface area contributed by atoms with E-state index in [-0.39, 0.29) is 0 Å². The third-order valence-electron chi connectivity index (χ3n) is 4.78. The summed E-state index contributed by atoms with van der Waals surface area (Å²) in [7, 11) is 0. The first-order valence-corrected chi connectivity index (χ1v) is 8.21. The van der Waals surface area contributed by atoms with E-state index >= 15 is 0 Å². The second-order valence-electron chi connectivity index (χ2n) is 7.01. The van der Waals surface area contributed by atoms with Crippen molar-refractivity contribution in [1.82, 2.24) is 10.2 Å². The van der Waals surface area contributed by atoms with Crippen LogP contribution in [0.4, 0.5) is 0 Å². The van der Waals surface area contributed by atoms with E-state index in [1.807, 2.05) is 0 Å². The molecule has 3 rings (SSSR count). The standard InChI is InChI=1S/C18H28N2/c1-14-9-18(19-10-16-7-8-16)13-20(11-14)12-17-6-4-3-5-15(17)2/h3-6,14,16,18-19H,7-13H2,1-2H3. The molecule has 2 unspecified atom stereocenters. The number of likely N-dealkylation sites (tertiary alicyclic amines) is 1. The predicted molar refractivity (Wildman–Crippen MR) is 84.8 cm³/mol. The summed E-state index contributed by atoms with van der Waals surface area (Å²) in [6.07, 6.45) is 4.24. The van der Waals surface area contributed by atoms with Gasteiger partial charge in [-0.15, -0.1) is 0 Å². The van der Waals surface area contributed by atoms with Crippen LogP contribution in [0.2, 0.25) is 0 Å². The van der Waals surface area contributed by atoms with Crippen LogP contribution in [0.5, 0.6) is 0 Å². The molecule has 1 aliphatic carbocycles. The Morgan fingerprint density at radius 3 is 2.75 bits per heavy atom. The fraction of sp³-hybridized carbons (Fsp3) is 0.667. The molecule has 110 valence electrons. The molecule has 20 heavy (non-hydrogen) atoms. The summed E-state index contributed by atoms with van der Waals surface area (Å²) in [6.45, 7) is 9.44. The molecule has 1 aromatic carbocycles. The molecule has 0 spiro atoms. The summed E-state index contributed by atoms with van der Waals surface area (Å²) < 4.78 is 0. The zero-order chi connectivity index (χ0) is 13.9. The van der Waals surface area contributed by atoms with Crippen LogP contribution in [0, 0.1) is 18.8 Å². The van der Waals surface area contributed by atoms with Gasteiger partial charge in [0.2, 0.25) is 0 Å². The summed E-state index contributed by atoms with van der Waals surface area (Å²) in [4.78, 5) is 2.64. The molecule has 1 heterocycles. The first-order valence-electron chi connectivity index (χ1n) is 8.21. The van der Waals surface area contributed by atoms with E-state index in [1.54, 1.807) is 0 Å². The Kier molecular flexibility index (Phi) is 4.42. The Morgan fingerprint density at radius 1 is 1.20 bits per heavy atom. The fourth-order valence-electron chi connectivity index (χ4n) is 3.42. The molecule has 2 fully saturated rings. The van der Waals surface area contributed by atoms with Crippen LogP contribution < -0.4 is 5.32 Å². The first kappa shape index (κ1) is 14.1. The lowest BCUT2D eigenvalue weighted by Gasteiger charge is -2.37. The average molecular weight is 272 g/mol. The fourth-order valence-corrected chi connectivity index (χ4v) is 3.42. The first-order chi connectivity index (χ1) is 9.70. The Balaban J connectivity index is 1.56. The van der Waals surface area contributed by atoms with Gasteiger partial charge in [0.1, 0.15) is 0 Å². The van der Waals surface area contributed by atoms with Crippen LogP contribution in [0.1, 0.15) is 37.3 Å². The number of nitrogens with one attached hydrogen (secondary N) is 1. The van der Waals surface area contributed by atoms with E-state index < -0.39 is 0 Å². The molecular weight excluding hydrogens is 244 g/mol. The molecule has 1 aromatic rings. The molecule has 2 heteroatoms. The average Bonchev–Trinajstić information content (AvgIpc) is 3.23. The lowest BCUT2D eigenvalue weighted by atomic mass is 9.95. The maximum absolute atomic E-state index is 3.80. The van der Waals surface area contributed by atoms with Crippen molar-refractivity contribution in [2.24, 2.45) is 11.8 Å². The van der Waals surface area contributed by atoms with Crippen LogP contribution in [0.15, 0.2) is 24.3 Å². The lowest BCUT2D eigenvalue weighted by Crippen LogP contribution is -2.48. The minimum absolute atomic E-state index is 0.698. The van der Waals surface area contributed by atoms with E-state index in [0.717, 1.165) is 18.4 Å². The van der Waals surface area contributed by atoms with Crippen molar-refractivity contribution in [2.75, 3.05) is 19.6 Å². The van der Waals surface area contributed by atoms with E-state index in [9.17, 15) is 0 Å². The monoisotopic (exact) mass is 272 g/mol. The van der Waals surface area contributed by atoms with Crippen molar-refractivity contribution in [1.29, 1.82) is 0 Å². The molecule has 0 bridgehead atoms. The molecule has 1 aliphatic heterocycles. The minimum Gasteiger partial charge on any atom is -0.312 e. The highest BCUT2D eigenvalue weighted by molar-refractivity contribution is 5.25. The van der Waals surface area contributed by atoms with Crippen molar-refractivity contribution in [3.05, 3.63) is 35.4 Å². The van der Waals surface area contributed by atoms with Gasteiger partial charge in [0.25, 0.3) is 0 Å². The third kappa shape index (κ3) is 3.83. The van der Waals surface area contributed by atoms with Gasteiger partial charge in [-0.2, -0.15) is 0 Å². The van der Waals surface area contributed by atoms with Crippen molar-refractivity contribution in [3.63, 3.8) is 0 Å². The third-order valence-corrected chi connectivity index (χ3v) is 4.78. The lowest BCUT2D eigenvalue weighted by molar-refractivity contribution is 0.142. The Bertz CT molecular complexity index is 439. The second-order valence-corrected chi connectivity index (χ2v) is 7.01. The van der Waals surface area contributed by atoms with Gasteiger partial charge in [-0.3, -0.25) is 4.90 Å². The molecule has 2 nitrogen and oxygen atoms in total. The van der Waals surface area contributed by atoms with Crippen LogP contribution in [-0.2, 0) is 6.54 Å². The van der Waals surface area contributed by atoms with Gasteiger partial charge in [0, 0.05) is 25.7 Å². The molecule has 2 atom stereocenters. The molecule has 1 saturated heterocycles. The van der Waals surface area contributed by atoms with E-state index in [4.69, 9.17) is 0 Å². The van der Waals surface area contributed by atoms with Gasteiger partial charge >= 0.3 is 0 Å². The topological polar surface area (TPSA) is 15.3 Å². The summed E-state index contributed by atoms with van der Waals surface area (Å²) in [5.41, 5.74) is 2.91. The Hall–Kier alpha value is -0.860. The van der Waals surface area contributed by atoms with Crippen LogP contribution in [-0.4, -0.2) is 30.6 Å². The maximum Gasteiger partial charge on any atom is 0.0237 e. The van der Waals surface area contributed by atoms with Gasteiger partial charge in [-0.05, 0) is 55.7 Å². The largest absolute Gasteiger partial charge is 0.312 e. The predicted octanol–water partition coefficient (Wildman–Crippen LogP) is 3.21. The zero-order valence-electron chi connectivity index (χ0n) is 12.9. The van der Waals surface area contributed by atoms with Crippen molar-refractivity contribution >= 4 is 0 Å². The summed E-state index contributed by atoms with van der Waals surface area (Å²) in [5.74, 6) is 1.79. The van der Waals surface area contributed by atoms with Crippen LogP contribution in [0.25, 0.3) is 0 Å². The van der Waals surface area contributed by atoms with Gasteiger partial charge in [0.05, 0.1) is 0 Å². The summed E-state index contributed by atoms with van der Waals surface area (Å²) >= 11 is 0. The highest BCUT2D eigenvalue weighted by Gasteiger charge is 2.27. The molecule has 1 N–H and O–H groups in total. The van der Waals surface area contributed by atoms with Crippen molar-refractivity contribution in [3.8, 4) is 0 Å². The number of hydrogen-bond donors (Lipinski definition) is 1. The molecule has 2 aliphatic rings. The quantitative estimate of drug-likeness (QED) is 0.885. The number of hydrogen-bond acceptors (Lipinski definition) is 2. The van der Waals surface area contributed by atoms with E-state index in [0.29, 0.717) is 6.04 Å². The number of piperidine rings is 1. The number of nitrogens with zero attached hydrogens (tertiary/aromatic N) is 1. The molecular formula is C18H28N2. The highest BCUT2D eigenvalue weighted by Crippen LogP contribution is 2.28. The zero-order valence-corrected chi connectivity index (χ0v) is 12.9. The van der Waals surface area contributed by atoms with Crippen LogP contribution >= 0.6 is 0 Å². The van der Waals surface area contributed by atoms with E-state index in [2.05, 4.69) is 48.3 Å². The van der Waals surface area contributed by atoms with Crippen LogP contribution in [0.3, 0.4) is 0 Å². The normalized spacial score (nSPS) is 27.7. The van der Waals surface area contributed by atoms with Gasteiger partial charge in [-0.25, -0.2) is 0 Å². The number of rotatable bonds is 5. The summed E-state index contributed by atoms with van der Waals surface area (Å²) in [5, 5.41) is 3.80. The van der Waals surface area contributed by atoms with Crippen molar-refractivity contribution in [2.45, 2.75) is 45.7 Å². The molecule has 0 amide bonds. The Labute approximate surface area is 123 Å². The van der Waals surface area contributed by atoms with E-state index in [1.165, 1.54) is 50.0 Å². The summed E-state index contributed by atoms with van der Waals surface area (Å²) in [6, 6.07) is 9.51. The number of aryl methyl sites for hydroxylation is 1. The van der Waals surface area contributed by atoms with Gasteiger partial charge in [0.15, 0.2) is 0 Å². The smallest absolute Gasteiger partial charge is 0.0237 e. The van der Waals surface area contributed by atoms with Gasteiger partial charge in [-0.1, -0.05) is 31.2 Å². The second kappa shape index (κ2) is 6.28. The molecule has 1 saturated carbocycles. The number of benzene rings is 1. The minimum atomic E-state index is 0.698. The highest BCUT2D eigenvalue weighted by atomic mass is 15.2. The van der Waals surface area contributed by atoms with Crippen molar-refractivity contribution < 1.29 is 0 Å². The maximum atomic E-state index is 3.80. The Morgan fingerprint density at radius 2 is 2.00 bits per heavy atom.